The lowest BCUT2D eigenvalue weighted by atomic mass is 9.92. The van der Waals surface area contributed by atoms with Crippen LogP contribution in [-0.2, 0) is 17.8 Å². The number of hydrogen-bond donors (Lipinski definition) is 1. The Balaban J connectivity index is 1.24. The first-order chi connectivity index (χ1) is 16.5. The average Bonchev–Trinajstić information content (AvgIpc) is 3.50. The van der Waals surface area contributed by atoms with Gasteiger partial charge >= 0.3 is 5.97 Å². The Kier molecular flexibility index (Phi) is 6.68. The second kappa shape index (κ2) is 10.0. The number of piperidine rings is 1. The number of rotatable bonds is 8. The normalized spacial score (nSPS) is 19.6. The summed E-state index contributed by atoms with van der Waals surface area (Å²) in [5.74, 6) is 0.431. The van der Waals surface area contributed by atoms with E-state index in [-0.39, 0.29) is 18.4 Å². The van der Waals surface area contributed by atoms with Crippen LogP contribution >= 0.6 is 0 Å². The molecule has 3 aromatic rings. The molecule has 178 valence electrons. The molecule has 1 aliphatic heterocycles. The Bertz CT molecular complexity index is 1100. The van der Waals surface area contributed by atoms with E-state index in [9.17, 15) is 9.90 Å². The molecule has 1 aliphatic carbocycles. The van der Waals surface area contributed by atoms with Crippen LogP contribution in [0.4, 0.5) is 0 Å². The highest BCUT2D eigenvalue weighted by Crippen LogP contribution is 2.36. The highest BCUT2D eigenvalue weighted by molar-refractivity contribution is 5.68. The number of carboxylic acids is 1. The van der Waals surface area contributed by atoms with Gasteiger partial charge in [-0.3, -0.25) is 9.69 Å². The van der Waals surface area contributed by atoms with E-state index in [1.54, 1.807) is 6.07 Å². The number of nitrogens with zero attached hydrogens (tertiary/aromatic N) is 2. The van der Waals surface area contributed by atoms with E-state index in [1.165, 1.54) is 48.9 Å². The fourth-order valence-corrected chi connectivity index (χ4v) is 5.24. The highest BCUT2D eigenvalue weighted by atomic mass is 16.5. The van der Waals surface area contributed by atoms with Gasteiger partial charge in [-0.1, -0.05) is 42.4 Å². The average molecular weight is 461 g/mol. The molecule has 0 radical (unpaired) electrons. The summed E-state index contributed by atoms with van der Waals surface area (Å²) in [6.07, 6.45) is 6.10. The Morgan fingerprint density at radius 3 is 2.65 bits per heavy atom. The zero-order valence-electron chi connectivity index (χ0n) is 19.7. The number of aromatic nitrogens is 1. The predicted octanol–water partition coefficient (Wildman–Crippen LogP) is 5.58. The molecule has 1 fully saturated rings. The number of benzene rings is 2. The van der Waals surface area contributed by atoms with Crippen molar-refractivity contribution in [3.8, 4) is 5.75 Å². The second-order valence-electron chi connectivity index (χ2n) is 9.78. The molecule has 0 spiro atoms. The van der Waals surface area contributed by atoms with Crippen LogP contribution in [-0.4, -0.2) is 34.2 Å². The first-order valence-electron chi connectivity index (χ1n) is 12.3. The molecule has 6 heteroatoms. The lowest BCUT2D eigenvalue weighted by Gasteiger charge is -2.30. The Morgan fingerprint density at radius 2 is 1.94 bits per heavy atom. The Labute approximate surface area is 200 Å². The number of aliphatic carboxylic acids is 1. The molecule has 2 aliphatic rings. The van der Waals surface area contributed by atoms with Crippen LogP contribution in [0.5, 0.6) is 5.75 Å². The SMILES string of the molecule is CC1CCN(Cc2ccc3c(c2)CC[C@H]3Oc2ccc([C@H](CC(=O)O)c3ccon3)cc2)CC1. The number of fused-ring (bicyclic) bond motifs is 1. The largest absolute Gasteiger partial charge is 0.486 e. The van der Waals surface area contributed by atoms with Gasteiger partial charge in [-0.2, -0.15) is 0 Å². The van der Waals surface area contributed by atoms with Crippen molar-refractivity contribution in [2.45, 2.75) is 57.6 Å². The molecule has 2 heterocycles. The fraction of sp³-hybridized carbons (Fsp3) is 0.429. The Morgan fingerprint density at radius 1 is 1.15 bits per heavy atom. The summed E-state index contributed by atoms with van der Waals surface area (Å²) < 4.78 is 11.3. The smallest absolute Gasteiger partial charge is 0.304 e. The van der Waals surface area contributed by atoms with Gasteiger partial charge in [-0.25, -0.2) is 0 Å². The van der Waals surface area contributed by atoms with E-state index >= 15 is 0 Å². The molecule has 0 unspecified atom stereocenters. The number of aryl methyl sites for hydroxylation is 1. The number of carboxylic acid groups (broad SMARTS) is 1. The molecule has 5 rings (SSSR count). The standard InChI is InChI=1S/C28H32N2O4/c1-19-10-13-30(14-11-19)18-20-2-8-24-22(16-20)5-9-27(24)34-23-6-3-21(4-7-23)25(17-28(31)32)26-12-15-33-29-26/h2-4,6-8,12,15-16,19,25,27H,5,9-11,13-14,17-18H2,1H3,(H,31,32)/t25-,27+/m0/s1. The van der Waals surface area contributed by atoms with Crippen molar-refractivity contribution in [1.29, 1.82) is 0 Å². The van der Waals surface area contributed by atoms with Gasteiger partial charge in [0.2, 0.25) is 0 Å². The fourth-order valence-electron chi connectivity index (χ4n) is 5.24. The summed E-state index contributed by atoms with van der Waals surface area (Å²) in [5.41, 5.74) is 5.59. The monoisotopic (exact) mass is 460 g/mol. The summed E-state index contributed by atoms with van der Waals surface area (Å²) in [6.45, 7) is 5.79. The van der Waals surface area contributed by atoms with Crippen molar-refractivity contribution in [2.75, 3.05) is 13.1 Å². The van der Waals surface area contributed by atoms with Gasteiger partial charge < -0.3 is 14.4 Å². The highest BCUT2D eigenvalue weighted by Gasteiger charge is 2.26. The maximum atomic E-state index is 11.4. The molecule has 2 aromatic carbocycles. The lowest BCUT2D eigenvalue weighted by Crippen LogP contribution is -2.32. The van der Waals surface area contributed by atoms with Crippen LogP contribution < -0.4 is 4.74 Å². The minimum absolute atomic E-state index is 0.0402. The van der Waals surface area contributed by atoms with E-state index in [4.69, 9.17) is 9.26 Å². The predicted molar refractivity (Wildman–Crippen MR) is 129 cm³/mol. The van der Waals surface area contributed by atoms with Crippen molar-refractivity contribution >= 4 is 5.97 Å². The molecule has 1 saturated heterocycles. The minimum atomic E-state index is -0.870. The van der Waals surface area contributed by atoms with Crippen molar-refractivity contribution in [3.05, 3.63) is 82.7 Å². The van der Waals surface area contributed by atoms with E-state index in [2.05, 4.69) is 35.2 Å². The van der Waals surface area contributed by atoms with Crippen LogP contribution in [0.1, 0.15) is 72.6 Å². The number of carbonyl (C=O) groups is 1. The molecule has 0 bridgehead atoms. The lowest BCUT2D eigenvalue weighted by molar-refractivity contribution is -0.137. The van der Waals surface area contributed by atoms with Crippen LogP contribution in [0, 0.1) is 5.92 Å². The first-order valence-corrected chi connectivity index (χ1v) is 12.3. The van der Waals surface area contributed by atoms with E-state index in [1.807, 2.05) is 24.3 Å². The van der Waals surface area contributed by atoms with Crippen molar-refractivity contribution in [2.24, 2.45) is 5.92 Å². The first kappa shape index (κ1) is 22.7. The molecule has 1 aromatic heterocycles. The van der Waals surface area contributed by atoms with Crippen molar-refractivity contribution < 1.29 is 19.2 Å². The van der Waals surface area contributed by atoms with Crippen LogP contribution in [0.15, 0.2) is 59.3 Å². The maximum Gasteiger partial charge on any atom is 0.304 e. The van der Waals surface area contributed by atoms with Crippen molar-refractivity contribution in [1.82, 2.24) is 10.1 Å². The van der Waals surface area contributed by atoms with Crippen molar-refractivity contribution in [3.63, 3.8) is 0 Å². The Hall–Kier alpha value is -3.12. The van der Waals surface area contributed by atoms with Crippen LogP contribution in [0.2, 0.25) is 0 Å². The molecule has 0 amide bonds. The molecule has 1 N–H and O–H groups in total. The third-order valence-corrected chi connectivity index (χ3v) is 7.27. The van der Waals surface area contributed by atoms with Gasteiger partial charge in [0.15, 0.2) is 0 Å². The molecule has 2 atom stereocenters. The second-order valence-corrected chi connectivity index (χ2v) is 9.78. The summed E-state index contributed by atoms with van der Waals surface area (Å²) in [6, 6.07) is 16.3. The quantitative estimate of drug-likeness (QED) is 0.473. The zero-order valence-corrected chi connectivity index (χ0v) is 19.7. The maximum absolute atomic E-state index is 11.4. The summed E-state index contributed by atoms with van der Waals surface area (Å²) in [7, 11) is 0. The molecule has 34 heavy (non-hydrogen) atoms. The molecule has 0 saturated carbocycles. The topological polar surface area (TPSA) is 75.8 Å². The van der Waals surface area contributed by atoms with E-state index in [0.29, 0.717) is 5.69 Å². The van der Waals surface area contributed by atoms with Gasteiger partial charge in [-0.05, 0) is 79.1 Å². The van der Waals surface area contributed by atoms with Gasteiger partial charge in [0.1, 0.15) is 18.1 Å². The van der Waals surface area contributed by atoms with E-state index < -0.39 is 5.97 Å². The van der Waals surface area contributed by atoms with Crippen LogP contribution in [0.25, 0.3) is 0 Å². The van der Waals surface area contributed by atoms with Gasteiger partial charge in [0, 0.05) is 18.5 Å². The van der Waals surface area contributed by atoms with Crippen LogP contribution in [0.3, 0.4) is 0 Å². The summed E-state index contributed by atoms with van der Waals surface area (Å²) in [5, 5.41) is 13.3. The molecular formula is C28H32N2O4. The molecular weight excluding hydrogens is 428 g/mol. The number of hydrogen-bond acceptors (Lipinski definition) is 5. The summed E-state index contributed by atoms with van der Waals surface area (Å²) >= 11 is 0. The van der Waals surface area contributed by atoms with Gasteiger partial charge in [0.05, 0.1) is 12.1 Å². The number of ether oxygens (including phenoxy) is 1. The third kappa shape index (κ3) is 5.17. The zero-order chi connectivity index (χ0) is 23.5. The summed E-state index contributed by atoms with van der Waals surface area (Å²) in [4.78, 5) is 13.9. The molecule has 6 nitrogen and oxygen atoms in total. The van der Waals surface area contributed by atoms with Gasteiger partial charge in [0.25, 0.3) is 0 Å². The number of likely N-dealkylation sites (tertiary alicyclic amines) is 1. The minimum Gasteiger partial charge on any atom is -0.486 e. The van der Waals surface area contributed by atoms with E-state index in [0.717, 1.165) is 36.6 Å². The van der Waals surface area contributed by atoms with Gasteiger partial charge in [-0.15, -0.1) is 0 Å². The third-order valence-electron chi connectivity index (χ3n) is 7.27.